The Hall–Kier alpha value is -1.53. The van der Waals surface area contributed by atoms with E-state index in [1.165, 1.54) is 5.56 Å². The lowest BCUT2D eigenvalue weighted by Crippen LogP contribution is -2.19. The highest BCUT2D eigenvalue weighted by Gasteiger charge is 2.24. The summed E-state index contributed by atoms with van der Waals surface area (Å²) >= 11 is 0. The molecule has 78 valence electrons. The molecular weight excluding hydrogens is 190 g/mol. The third kappa shape index (κ3) is 2.11. The molecule has 2 atom stereocenters. The van der Waals surface area contributed by atoms with Gasteiger partial charge in [-0.2, -0.15) is 5.26 Å². The first-order chi connectivity index (χ1) is 7.33. The molecule has 0 aromatic heterocycles. The Morgan fingerprint density at radius 1 is 1.53 bits per heavy atom. The number of para-hydroxylation sites is 1. The van der Waals surface area contributed by atoms with Crippen molar-refractivity contribution in [1.29, 1.82) is 5.26 Å². The molecule has 3 nitrogen and oxygen atoms in total. The van der Waals surface area contributed by atoms with Crippen molar-refractivity contribution in [2.75, 3.05) is 6.61 Å². The molecule has 1 heterocycles. The number of hydrogen-bond donors (Lipinski definition) is 1. The molecule has 0 aliphatic carbocycles. The Balaban J connectivity index is 1.99. The molecule has 15 heavy (non-hydrogen) atoms. The molecule has 0 saturated heterocycles. The molecule has 0 spiro atoms. The van der Waals surface area contributed by atoms with E-state index in [-0.39, 0.29) is 18.6 Å². The highest BCUT2D eigenvalue weighted by Crippen LogP contribution is 2.30. The van der Waals surface area contributed by atoms with Gasteiger partial charge >= 0.3 is 0 Å². The zero-order chi connectivity index (χ0) is 10.7. The van der Waals surface area contributed by atoms with E-state index in [0.717, 1.165) is 12.2 Å². The fourth-order valence-corrected chi connectivity index (χ4v) is 1.87. The largest absolute Gasteiger partial charge is 0.490 e. The van der Waals surface area contributed by atoms with E-state index in [0.29, 0.717) is 6.42 Å². The average molecular weight is 203 g/mol. The van der Waals surface area contributed by atoms with Gasteiger partial charge in [0.25, 0.3) is 0 Å². The molecule has 2 unspecified atom stereocenters. The molecule has 0 bridgehead atoms. The van der Waals surface area contributed by atoms with Gasteiger partial charge < -0.3 is 9.84 Å². The van der Waals surface area contributed by atoms with Crippen LogP contribution in [-0.4, -0.2) is 17.8 Å². The van der Waals surface area contributed by atoms with Crippen molar-refractivity contribution in [2.45, 2.75) is 18.9 Å². The van der Waals surface area contributed by atoms with Crippen molar-refractivity contribution >= 4 is 0 Å². The minimum Gasteiger partial charge on any atom is -0.490 e. The predicted molar refractivity (Wildman–Crippen MR) is 55.4 cm³/mol. The third-order valence-corrected chi connectivity index (χ3v) is 2.66. The van der Waals surface area contributed by atoms with Gasteiger partial charge in [-0.25, -0.2) is 0 Å². The van der Waals surface area contributed by atoms with Gasteiger partial charge in [0.1, 0.15) is 11.9 Å². The maximum absolute atomic E-state index is 8.93. The van der Waals surface area contributed by atoms with Crippen LogP contribution in [0.25, 0.3) is 0 Å². The maximum Gasteiger partial charge on any atom is 0.123 e. The number of nitriles is 1. The molecule has 0 saturated carbocycles. The third-order valence-electron chi connectivity index (χ3n) is 2.66. The topological polar surface area (TPSA) is 53.2 Å². The average Bonchev–Trinajstić information content (AvgIpc) is 2.68. The lowest BCUT2D eigenvalue weighted by Gasteiger charge is -2.12. The molecule has 0 fully saturated rings. The van der Waals surface area contributed by atoms with Crippen molar-refractivity contribution in [3.63, 3.8) is 0 Å². The van der Waals surface area contributed by atoms with Crippen LogP contribution in [0.3, 0.4) is 0 Å². The minimum atomic E-state index is -0.315. The van der Waals surface area contributed by atoms with Crippen LogP contribution in [0.5, 0.6) is 5.75 Å². The van der Waals surface area contributed by atoms with Crippen molar-refractivity contribution in [3.05, 3.63) is 29.8 Å². The standard InChI is InChI=1S/C12H13NO2/c13-7-9(8-14)5-11-6-10-3-1-2-4-12(10)15-11/h1-4,9,11,14H,5-6,8H2. The van der Waals surface area contributed by atoms with E-state index >= 15 is 0 Å². The van der Waals surface area contributed by atoms with E-state index in [9.17, 15) is 0 Å². The second-order valence-electron chi connectivity index (χ2n) is 3.80. The van der Waals surface area contributed by atoms with Gasteiger partial charge in [-0.05, 0) is 11.6 Å². The summed E-state index contributed by atoms with van der Waals surface area (Å²) in [6.07, 6.45) is 1.48. The van der Waals surface area contributed by atoms with E-state index in [1.54, 1.807) is 0 Å². The summed E-state index contributed by atoms with van der Waals surface area (Å²) in [5.41, 5.74) is 1.19. The van der Waals surface area contributed by atoms with Crippen LogP contribution < -0.4 is 4.74 Å². The molecule has 1 aliphatic rings. The molecular formula is C12H13NO2. The van der Waals surface area contributed by atoms with Crippen LogP contribution in [-0.2, 0) is 6.42 Å². The van der Waals surface area contributed by atoms with Crippen LogP contribution in [0.4, 0.5) is 0 Å². The number of aliphatic hydroxyl groups excluding tert-OH is 1. The molecule has 0 amide bonds. The van der Waals surface area contributed by atoms with Gasteiger partial charge in [0, 0.05) is 12.8 Å². The summed E-state index contributed by atoms with van der Waals surface area (Å²) < 4.78 is 5.68. The fourth-order valence-electron chi connectivity index (χ4n) is 1.87. The number of aliphatic hydroxyl groups is 1. The Morgan fingerprint density at radius 3 is 3.00 bits per heavy atom. The number of fused-ring (bicyclic) bond motifs is 1. The lowest BCUT2D eigenvalue weighted by atomic mass is 10.0. The van der Waals surface area contributed by atoms with Crippen molar-refractivity contribution in [2.24, 2.45) is 5.92 Å². The number of nitrogens with zero attached hydrogens (tertiary/aromatic N) is 1. The molecule has 1 aromatic carbocycles. The van der Waals surface area contributed by atoms with Crippen molar-refractivity contribution < 1.29 is 9.84 Å². The smallest absolute Gasteiger partial charge is 0.123 e. The monoisotopic (exact) mass is 203 g/mol. The predicted octanol–water partition coefficient (Wildman–Crippen LogP) is 1.51. The van der Waals surface area contributed by atoms with Crippen LogP contribution in [0.2, 0.25) is 0 Å². The van der Waals surface area contributed by atoms with Crippen LogP contribution in [0.1, 0.15) is 12.0 Å². The highest BCUT2D eigenvalue weighted by molar-refractivity contribution is 5.37. The fraction of sp³-hybridized carbons (Fsp3) is 0.417. The second-order valence-corrected chi connectivity index (χ2v) is 3.80. The number of benzene rings is 1. The summed E-state index contributed by atoms with van der Waals surface area (Å²) in [7, 11) is 0. The zero-order valence-corrected chi connectivity index (χ0v) is 8.39. The highest BCUT2D eigenvalue weighted by atomic mass is 16.5. The van der Waals surface area contributed by atoms with Gasteiger partial charge in [-0.3, -0.25) is 0 Å². The normalized spacial score (nSPS) is 20.1. The molecule has 2 rings (SSSR count). The Bertz CT molecular complexity index is 358. The van der Waals surface area contributed by atoms with Gasteiger partial charge in [-0.15, -0.1) is 0 Å². The Kier molecular flexibility index (Phi) is 2.89. The Labute approximate surface area is 88.9 Å². The first-order valence-corrected chi connectivity index (χ1v) is 5.08. The van der Waals surface area contributed by atoms with Gasteiger partial charge in [0.05, 0.1) is 18.6 Å². The van der Waals surface area contributed by atoms with Gasteiger partial charge in [0.15, 0.2) is 0 Å². The summed E-state index contributed by atoms with van der Waals surface area (Å²) in [5.74, 6) is 0.599. The summed E-state index contributed by atoms with van der Waals surface area (Å²) in [4.78, 5) is 0. The molecule has 1 N–H and O–H groups in total. The van der Waals surface area contributed by atoms with Gasteiger partial charge in [0.2, 0.25) is 0 Å². The summed E-state index contributed by atoms with van der Waals surface area (Å²) in [6, 6.07) is 9.98. The van der Waals surface area contributed by atoms with Crippen LogP contribution in [0, 0.1) is 17.2 Å². The van der Waals surface area contributed by atoms with E-state index in [2.05, 4.69) is 6.07 Å². The quantitative estimate of drug-likeness (QED) is 0.810. The first kappa shape index (κ1) is 10.0. The van der Waals surface area contributed by atoms with Crippen LogP contribution in [0.15, 0.2) is 24.3 Å². The van der Waals surface area contributed by atoms with Crippen molar-refractivity contribution in [3.8, 4) is 11.8 Å². The molecule has 1 aliphatic heterocycles. The van der Waals surface area contributed by atoms with E-state index in [4.69, 9.17) is 15.1 Å². The van der Waals surface area contributed by atoms with Gasteiger partial charge in [-0.1, -0.05) is 18.2 Å². The number of hydrogen-bond acceptors (Lipinski definition) is 3. The lowest BCUT2D eigenvalue weighted by molar-refractivity contribution is 0.172. The minimum absolute atomic E-state index is 0.0409. The maximum atomic E-state index is 8.93. The summed E-state index contributed by atoms with van der Waals surface area (Å²) in [5, 5.41) is 17.7. The molecule has 0 radical (unpaired) electrons. The first-order valence-electron chi connectivity index (χ1n) is 5.08. The number of ether oxygens (including phenoxy) is 1. The van der Waals surface area contributed by atoms with E-state index < -0.39 is 0 Å². The SMILES string of the molecule is N#CC(CO)CC1Cc2ccccc2O1. The van der Waals surface area contributed by atoms with E-state index in [1.807, 2.05) is 24.3 Å². The molecule has 3 heteroatoms. The number of rotatable bonds is 3. The van der Waals surface area contributed by atoms with Crippen LogP contribution >= 0.6 is 0 Å². The summed E-state index contributed by atoms with van der Waals surface area (Å²) in [6.45, 7) is -0.0906. The zero-order valence-electron chi connectivity index (χ0n) is 8.39. The second kappa shape index (κ2) is 4.33. The molecule has 1 aromatic rings. The van der Waals surface area contributed by atoms with Crippen molar-refractivity contribution in [1.82, 2.24) is 0 Å². The Morgan fingerprint density at radius 2 is 2.33 bits per heavy atom.